The van der Waals surface area contributed by atoms with Crippen LogP contribution < -0.4 is 11.1 Å². The Morgan fingerprint density at radius 1 is 1.65 bits per heavy atom. The number of aromatic nitrogens is 1. The summed E-state index contributed by atoms with van der Waals surface area (Å²) in [4.78, 5) is 14.1. The molecule has 1 heterocycles. The van der Waals surface area contributed by atoms with Gasteiger partial charge in [0.05, 0.1) is 5.69 Å². The number of nitrogens with two attached hydrogens (primary N) is 1. The van der Waals surface area contributed by atoms with Crippen molar-refractivity contribution in [2.75, 3.05) is 25.9 Å². The van der Waals surface area contributed by atoms with E-state index in [2.05, 4.69) is 17.3 Å². The van der Waals surface area contributed by atoms with E-state index in [1.165, 1.54) is 12.8 Å². The number of hydrogen-bond acceptors (Lipinski definition) is 3. The summed E-state index contributed by atoms with van der Waals surface area (Å²) in [7, 11) is 3.92. The minimum atomic E-state index is -0.0617. The molecule has 3 N–H and O–H groups in total. The number of hydrogen-bond donors (Lipinski definition) is 2. The molecule has 17 heavy (non-hydrogen) atoms. The maximum absolute atomic E-state index is 11.8. The number of anilines is 1. The average molecular weight is 236 g/mol. The van der Waals surface area contributed by atoms with Crippen molar-refractivity contribution in [1.82, 2.24) is 14.8 Å². The van der Waals surface area contributed by atoms with Gasteiger partial charge in [-0.25, -0.2) is 0 Å². The highest BCUT2D eigenvalue weighted by Gasteiger charge is 2.25. The molecule has 1 aromatic rings. The first-order valence-electron chi connectivity index (χ1n) is 5.98. The number of rotatable bonds is 5. The number of amides is 1. The Hall–Kier alpha value is -1.49. The van der Waals surface area contributed by atoms with E-state index in [9.17, 15) is 4.79 Å². The lowest BCUT2D eigenvalue weighted by atomic mass is 10.3. The molecule has 0 unspecified atom stereocenters. The molecule has 0 aromatic carbocycles. The van der Waals surface area contributed by atoms with Crippen LogP contribution in [-0.4, -0.2) is 41.6 Å². The largest absolute Gasteiger partial charge is 0.397 e. The number of nitrogen functional groups attached to an aromatic ring is 1. The number of carbonyl (C=O) groups is 1. The SMILES string of the molecule is CN(CCNC(=O)c1cc(N)cn1C)C1CC1. The molecular formula is C12H20N4O. The molecule has 1 saturated carbocycles. The number of likely N-dealkylation sites (N-methyl/N-ethyl adjacent to an activating group) is 1. The molecule has 0 radical (unpaired) electrons. The molecule has 5 nitrogen and oxygen atoms in total. The Morgan fingerprint density at radius 2 is 2.35 bits per heavy atom. The van der Waals surface area contributed by atoms with E-state index in [1.807, 2.05) is 7.05 Å². The summed E-state index contributed by atoms with van der Waals surface area (Å²) in [6, 6.07) is 2.43. The molecule has 1 aromatic heterocycles. The Balaban J connectivity index is 1.78. The molecule has 0 bridgehead atoms. The fourth-order valence-electron chi connectivity index (χ4n) is 1.95. The van der Waals surface area contributed by atoms with E-state index in [-0.39, 0.29) is 5.91 Å². The quantitative estimate of drug-likeness (QED) is 0.779. The van der Waals surface area contributed by atoms with Gasteiger partial charge in [-0.15, -0.1) is 0 Å². The lowest BCUT2D eigenvalue weighted by Gasteiger charge is -2.15. The fourth-order valence-corrected chi connectivity index (χ4v) is 1.95. The zero-order valence-electron chi connectivity index (χ0n) is 10.4. The molecule has 0 saturated heterocycles. The van der Waals surface area contributed by atoms with Gasteiger partial charge in [0.15, 0.2) is 0 Å². The van der Waals surface area contributed by atoms with Crippen molar-refractivity contribution in [2.24, 2.45) is 7.05 Å². The van der Waals surface area contributed by atoms with E-state index in [0.29, 0.717) is 17.9 Å². The van der Waals surface area contributed by atoms with Crippen molar-refractivity contribution in [2.45, 2.75) is 18.9 Å². The third-order valence-electron chi connectivity index (χ3n) is 3.18. The van der Waals surface area contributed by atoms with Crippen LogP contribution in [0.2, 0.25) is 0 Å². The van der Waals surface area contributed by atoms with E-state index in [4.69, 9.17) is 5.73 Å². The summed E-state index contributed by atoms with van der Waals surface area (Å²) in [6.45, 7) is 1.58. The maximum Gasteiger partial charge on any atom is 0.268 e. The summed E-state index contributed by atoms with van der Waals surface area (Å²) in [5, 5.41) is 2.91. The number of nitrogens with zero attached hydrogens (tertiary/aromatic N) is 2. The van der Waals surface area contributed by atoms with Gasteiger partial charge in [0.2, 0.25) is 0 Å². The predicted molar refractivity (Wildman–Crippen MR) is 67.8 cm³/mol. The highest BCUT2D eigenvalue weighted by molar-refractivity contribution is 5.93. The first kappa shape index (κ1) is 12.0. The second kappa shape index (κ2) is 4.79. The van der Waals surface area contributed by atoms with E-state index >= 15 is 0 Å². The second-order valence-electron chi connectivity index (χ2n) is 4.74. The van der Waals surface area contributed by atoms with Crippen LogP contribution in [0.15, 0.2) is 12.3 Å². The molecule has 1 aliphatic rings. The Labute approximate surface area is 102 Å². The van der Waals surface area contributed by atoms with Gasteiger partial charge in [0, 0.05) is 32.4 Å². The van der Waals surface area contributed by atoms with Crippen LogP contribution in [0.5, 0.6) is 0 Å². The van der Waals surface area contributed by atoms with Crippen LogP contribution in [0.1, 0.15) is 23.3 Å². The van der Waals surface area contributed by atoms with E-state index < -0.39 is 0 Å². The topological polar surface area (TPSA) is 63.3 Å². The highest BCUT2D eigenvalue weighted by Crippen LogP contribution is 2.24. The summed E-state index contributed by atoms with van der Waals surface area (Å²) >= 11 is 0. The van der Waals surface area contributed by atoms with Crippen molar-refractivity contribution < 1.29 is 4.79 Å². The zero-order chi connectivity index (χ0) is 12.4. The predicted octanol–water partition coefficient (Wildman–Crippen LogP) is 0.431. The fraction of sp³-hybridized carbons (Fsp3) is 0.583. The van der Waals surface area contributed by atoms with Crippen LogP contribution in [-0.2, 0) is 7.05 Å². The standard InChI is InChI=1S/C12H20N4O/c1-15(10-3-4-10)6-5-14-12(17)11-7-9(13)8-16(11)2/h7-8,10H,3-6,13H2,1-2H3,(H,14,17). The van der Waals surface area contributed by atoms with E-state index in [0.717, 1.165) is 12.6 Å². The monoisotopic (exact) mass is 236 g/mol. The Kier molecular flexibility index (Phi) is 3.38. The van der Waals surface area contributed by atoms with Gasteiger partial charge in [-0.05, 0) is 26.0 Å². The van der Waals surface area contributed by atoms with E-state index in [1.54, 1.807) is 16.8 Å². The number of carbonyl (C=O) groups excluding carboxylic acids is 1. The van der Waals surface area contributed by atoms with Gasteiger partial charge in [-0.1, -0.05) is 0 Å². The summed E-state index contributed by atoms with van der Waals surface area (Å²) in [5.74, 6) is -0.0617. The minimum absolute atomic E-state index is 0.0617. The van der Waals surface area contributed by atoms with Gasteiger partial charge < -0.3 is 20.5 Å². The van der Waals surface area contributed by atoms with Gasteiger partial charge in [-0.2, -0.15) is 0 Å². The maximum atomic E-state index is 11.8. The molecule has 1 aliphatic carbocycles. The molecule has 2 rings (SSSR count). The number of aryl methyl sites for hydroxylation is 1. The molecule has 1 fully saturated rings. The Morgan fingerprint density at radius 3 is 2.88 bits per heavy atom. The van der Waals surface area contributed by atoms with Crippen molar-refractivity contribution in [1.29, 1.82) is 0 Å². The smallest absolute Gasteiger partial charge is 0.268 e. The summed E-state index contributed by atoms with van der Waals surface area (Å²) < 4.78 is 1.75. The van der Waals surface area contributed by atoms with Crippen LogP contribution in [0, 0.1) is 0 Å². The van der Waals surface area contributed by atoms with Crippen LogP contribution in [0.25, 0.3) is 0 Å². The number of nitrogens with one attached hydrogen (secondary N) is 1. The molecule has 0 spiro atoms. The molecule has 0 aliphatic heterocycles. The minimum Gasteiger partial charge on any atom is -0.397 e. The lowest BCUT2D eigenvalue weighted by molar-refractivity contribution is 0.0941. The summed E-state index contributed by atoms with van der Waals surface area (Å²) in [6.07, 6.45) is 4.32. The third-order valence-corrected chi connectivity index (χ3v) is 3.18. The van der Waals surface area contributed by atoms with Crippen molar-refractivity contribution in [3.8, 4) is 0 Å². The van der Waals surface area contributed by atoms with Crippen molar-refractivity contribution in [3.63, 3.8) is 0 Å². The average Bonchev–Trinajstić information content (AvgIpc) is 3.04. The lowest BCUT2D eigenvalue weighted by Crippen LogP contribution is -2.34. The summed E-state index contributed by atoms with van der Waals surface area (Å²) in [5.41, 5.74) is 6.86. The molecule has 1 amide bonds. The van der Waals surface area contributed by atoms with Gasteiger partial charge in [-0.3, -0.25) is 4.79 Å². The molecule has 94 valence electrons. The Bertz CT molecular complexity index is 409. The highest BCUT2D eigenvalue weighted by atomic mass is 16.1. The second-order valence-corrected chi connectivity index (χ2v) is 4.74. The van der Waals surface area contributed by atoms with Gasteiger partial charge >= 0.3 is 0 Å². The first-order valence-corrected chi connectivity index (χ1v) is 5.98. The molecule has 5 heteroatoms. The van der Waals surface area contributed by atoms with Crippen LogP contribution in [0.3, 0.4) is 0 Å². The first-order chi connectivity index (χ1) is 8.08. The van der Waals surface area contributed by atoms with Crippen LogP contribution in [0.4, 0.5) is 5.69 Å². The molecular weight excluding hydrogens is 216 g/mol. The van der Waals surface area contributed by atoms with Crippen molar-refractivity contribution >= 4 is 11.6 Å². The third kappa shape index (κ3) is 3.00. The van der Waals surface area contributed by atoms with Gasteiger partial charge in [0.1, 0.15) is 5.69 Å². The molecule has 0 atom stereocenters. The van der Waals surface area contributed by atoms with Gasteiger partial charge in [0.25, 0.3) is 5.91 Å². The zero-order valence-corrected chi connectivity index (χ0v) is 10.4. The van der Waals surface area contributed by atoms with Crippen molar-refractivity contribution in [3.05, 3.63) is 18.0 Å². The normalized spacial score (nSPS) is 15.2. The van der Waals surface area contributed by atoms with Crippen LogP contribution >= 0.6 is 0 Å².